The molecule has 1 rings (SSSR count). The van der Waals surface area contributed by atoms with Gasteiger partial charge < -0.3 is 5.32 Å². The molecule has 100 valence electrons. The van der Waals surface area contributed by atoms with Crippen molar-refractivity contribution in [3.8, 4) is 0 Å². The molecule has 1 unspecified atom stereocenters. The topological polar surface area (TPSA) is 89.3 Å². The number of anilines is 1. The number of halogens is 1. The molecule has 1 N–H and O–H groups in total. The van der Waals surface area contributed by atoms with Gasteiger partial charge in [-0.1, -0.05) is 0 Å². The van der Waals surface area contributed by atoms with E-state index >= 15 is 0 Å². The van der Waals surface area contributed by atoms with Crippen molar-refractivity contribution < 1.29 is 17.7 Å². The SMILES string of the molecule is CC(CS(C)(=O)=O)Nc1cc([N+](=O)[O-])ccc1F. The Morgan fingerprint density at radius 3 is 2.61 bits per heavy atom. The van der Waals surface area contributed by atoms with Crippen LogP contribution in [0.4, 0.5) is 15.8 Å². The van der Waals surface area contributed by atoms with E-state index in [-0.39, 0.29) is 17.1 Å². The van der Waals surface area contributed by atoms with Gasteiger partial charge in [0.25, 0.3) is 5.69 Å². The van der Waals surface area contributed by atoms with Crippen molar-refractivity contribution in [2.45, 2.75) is 13.0 Å². The molecule has 0 aliphatic heterocycles. The van der Waals surface area contributed by atoms with Crippen LogP contribution in [0.5, 0.6) is 0 Å². The molecule has 0 aliphatic carbocycles. The van der Waals surface area contributed by atoms with Crippen LogP contribution in [0.25, 0.3) is 0 Å². The van der Waals surface area contributed by atoms with Gasteiger partial charge in [0, 0.05) is 24.4 Å². The van der Waals surface area contributed by atoms with Gasteiger partial charge in [0.2, 0.25) is 0 Å². The van der Waals surface area contributed by atoms with E-state index in [0.29, 0.717) is 0 Å². The molecule has 8 heteroatoms. The van der Waals surface area contributed by atoms with Gasteiger partial charge in [0.05, 0.1) is 16.4 Å². The van der Waals surface area contributed by atoms with Crippen molar-refractivity contribution in [2.24, 2.45) is 0 Å². The summed E-state index contributed by atoms with van der Waals surface area (Å²) >= 11 is 0. The summed E-state index contributed by atoms with van der Waals surface area (Å²) in [5.74, 6) is -0.851. The number of sulfone groups is 1. The zero-order valence-electron chi connectivity index (χ0n) is 9.88. The van der Waals surface area contributed by atoms with Crippen LogP contribution in [0.15, 0.2) is 18.2 Å². The Labute approximate surface area is 104 Å². The number of nitro benzene ring substituents is 1. The fraction of sp³-hybridized carbons (Fsp3) is 0.400. The summed E-state index contributed by atoms with van der Waals surface area (Å²) in [7, 11) is -3.20. The van der Waals surface area contributed by atoms with Crippen molar-refractivity contribution in [2.75, 3.05) is 17.3 Å². The molecule has 0 spiro atoms. The van der Waals surface area contributed by atoms with Gasteiger partial charge in [-0.3, -0.25) is 10.1 Å². The monoisotopic (exact) mass is 276 g/mol. The van der Waals surface area contributed by atoms with E-state index in [1.54, 1.807) is 6.92 Å². The van der Waals surface area contributed by atoms with Crippen molar-refractivity contribution in [3.05, 3.63) is 34.1 Å². The highest BCUT2D eigenvalue weighted by molar-refractivity contribution is 7.90. The van der Waals surface area contributed by atoms with Crippen LogP contribution in [-0.4, -0.2) is 31.4 Å². The lowest BCUT2D eigenvalue weighted by Crippen LogP contribution is -2.25. The van der Waals surface area contributed by atoms with Crippen molar-refractivity contribution >= 4 is 21.2 Å². The molecule has 0 saturated heterocycles. The van der Waals surface area contributed by atoms with Gasteiger partial charge in [0.1, 0.15) is 15.7 Å². The molecule has 0 heterocycles. The summed E-state index contributed by atoms with van der Waals surface area (Å²) in [5.41, 5.74) is -0.342. The average Bonchev–Trinajstić information content (AvgIpc) is 2.18. The molecule has 0 aromatic heterocycles. The van der Waals surface area contributed by atoms with Crippen LogP contribution in [0.1, 0.15) is 6.92 Å². The van der Waals surface area contributed by atoms with Gasteiger partial charge in [-0.05, 0) is 13.0 Å². The first-order valence-electron chi connectivity index (χ1n) is 5.07. The zero-order chi connectivity index (χ0) is 13.9. The highest BCUT2D eigenvalue weighted by Gasteiger charge is 2.15. The Balaban J connectivity index is 2.90. The smallest absolute Gasteiger partial charge is 0.271 e. The van der Waals surface area contributed by atoms with Crippen LogP contribution in [0.2, 0.25) is 0 Å². The van der Waals surface area contributed by atoms with E-state index in [1.807, 2.05) is 0 Å². The maximum atomic E-state index is 13.4. The second kappa shape index (κ2) is 5.30. The maximum Gasteiger partial charge on any atom is 0.271 e. The molecular formula is C10H13FN2O4S. The van der Waals surface area contributed by atoms with Crippen molar-refractivity contribution in [1.82, 2.24) is 0 Å². The second-order valence-corrected chi connectivity index (χ2v) is 6.24. The minimum Gasteiger partial charge on any atom is -0.379 e. The van der Waals surface area contributed by atoms with E-state index in [9.17, 15) is 22.9 Å². The van der Waals surface area contributed by atoms with E-state index in [4.69, 9.17) is 0 Å². The number of nitrogens with zero attached hydrogens (tertiary/aromatic N) is 1. The lowest BCUT2D eigenvalue weighted by molar-refractivity contribution is -0.384. The Morgan fingerprint density at radius 1 is 1.50 bits per heavy atom. The summed E-state index contributed by atoms with van der Waals surface area (Å²) in [6, 6.07) is 2.50. The maximum absolute atomic E-state index is 13.4. The summed E-state index contributed by atoms with van der Waals surface area (Å²) in [4.78, 5) is 9.89. The highest BCUT2D eigenvalue weighted by Crippen LogP contribution is 2.21. The van der Waals surface area contributed by atoms with Gasteiger partial charge >= 0.3 is 0 Å². The lowest BCUT2D eigenvalue weighted by Gasteiger charge is -2.14. The zero-order valence-corrected chi connectivity index (χ0v) is 10.7. The number of hydrogen-bond acceptors (Lipinski definition) is 5. The third-order valence-corrected chi connectivity index (χ3v) is 3.22. The summed E-state index contributed by atoms with van der Waals surface area (Å²) in [5, 5.41) is 13.1. The molecule has 0 bridgehead atoms. The molecule has 0 radical (unpaired) electrons. The third-order valence-electron chi connectivity index (χ3n) is 2.12. The normalized spacial score (nSPS) is 13.1. The second-order valence-electron chi connectivity index (χ2n) is 4.06. The minimum absolute atomic E-state index is 0.0830. The molecule has 0 amide bonds. The standard InChI is InChI=1S/C10H13FN2O4S/c1-7(6-18(2,16)17)12-10-5-8(13(14)15)3-4-9(10)11/h3-5,7,12H,6H2,1-2H3. The summed E-state index contributed by atoms with van der Waals surface area (Å²) in [6.45, 7) is 1.55. The van der Waals surface area contributed by atoms with E-state index in [2.05, 4.69) is 5.32 Å². The van der Waals surface area contributed by atoms with E-state index in [0.717, 1.165) is 24.5 Å². The number of non-ortho nitro benzene ring substituents is 1. The molecule has 1 aromatic carbocycles. The van der Waals surface area contributed by atoms with E-state index in [1.165, 1.54) is 0 Å². The van der Waals surface area contributed by atoms with Crippen LogP contribution < -0.4 is 5.32 Å². The minimum atomic E-state index is -3.20. The van der Waals surface area contributed by atoms with Crippen LogP contribution in [-0.2, 0) is 9.84 Å². The predicted molar refractivity (Wildman–Crippen MR) is 65.8 cm³/mol. The number of nitrogens with one attached hydrogen (secondary N) is 1. The van der Waals surface area contributed by atoms with E-state index < -0.39 is 26.6 Å². The van der Waals surface area contributed by atoms with Gasteiger partial charge in [-0.15, -0.1) is 0 Å². The molecule has 1 atom stereocenters. The molecule has 18 heavy (non-hydrogen) atoms. The van der Waals surface area contributed by atoms with Crippen LogP contribution in [0.3, 0.4) is 0 Å². The molecule has 0 saturated carbocycles. The Bertz CT molecular complexity index is 559. The summed E-state index contributed by atoms with van der Waals surface area (Å²) in [6.07, 6.45) is 1.06. The van der Waals surface area contributed by atoms with Gasteiger partial charge in [-0.2, -0.15) is 0 Å². The third kappa shape index (κ3) is 4.28. The van der Waals surface area contributed by atoms with Crippen molar-refractivity contribution in [1.29, 1.82) is 0 Å². The molecule has 6 nitrogen and oxygen atoms in total. The van der Waals surface area contributed by atoms with Crippen LogP contribution in [0, 0.1) is 15.9 Å². The number of benzene rings is 1. The molecule has 0 aliphatic rings. The quantitative estimate of drug-likeness (QED) is 0.651. The Kier molecular flexibility index (Phi) is 4.23. The summed E-state index contributed by atoms with van der Waals surface area (Å²) < 4.78 is 35.5. The molecule has 0 fully saturated rings. The average molecular weight is 276 g/mol. The van der Waals surface area contributed by atoms with Gasteiger partial charge in [0.15, 0.2) is 0 Å². The number of nitro groups is 1. The fourth-order valence-electron chi connectivity index (χ4n) is 1.50. The first-order chi connectivity index (χ1) is 8.19. The Morgan fingerprint density at radius 2 is 2.11 bits per heavy atom. The Hall–Kier alpha value is -1.70. The largest absolute Gasteiger partial charge is 0.379 e. The lowest BCUT2D eigenvalue weighted by atomic mass is 10.2. The molecular weight excluding hydrogens is 263 g/mol. The van der Waals surface area contributed by atoms with Gasteiger partial charge in [-0.25, -0.2) is 12.8 Å². The first-order valence-corrected chi connectivity index (χ1v) is 7.13. The van der Waals surface area contributed by atoms with Crippen molar-refractivity contribution in [3.63, 3.8) is 0 Å². The number of hydrogen-bond donors (Lipinski definition) is 1. The fourth-order valence-corrected chi connectivity index (χ4v) is 2.49. The van der Waals surface area contributed by atoms with Crippen LogP contribution >= 0.6 is 0 Å². The number of rotatable bonds is 5. The predicted octanol–water partition coefficient (Wildman–Crippen LogP) is 1.58. The highest BCUT2D eigenvalue weighted by atomic mass is 32.2. The first kappa shape index (κ1) is 14.4. The molecule has 1 aromatic rings.